The van der Waals surface area contributed by atoms with Crippen LogP contribution in [0.1, 0.15) is 21.8 Å². The molecule has 0 bridgehead atoms. The second-order valence-electron chi connectivity index (χ2n) is 5.97. The standard InChI is InChI=1S/C20H15N3O4S/c1-28-14-8-6-12(7-9-14)10-17-22-23-20(27-17)21-18(24)15-11-13-4-2-3-5-16(13)26-19(15)25/h2-9,11H,10H2,1H3,(H,21,23,24). The van der Waals surface area contributed by atoms with Gasteiger partial charge in [0.05, 0.1) is 6.42 Å². The van der Waals surface area contributed by atoms with Crippen molar-refractivity contribution in [1.29, 1.82) is 0 Å². The third-order valence-corrected chi connectivity index (χ3v) is 4.83. The van der Waals surface area contributed by atoms with E-state index in [2.05, 4.69) is 15.5 Å². The van der Waals surface area contributed by atoms with E-state index in [0.717, 1.165) is 10.5 Å². The first-order valence-electron chi connectivity index (χ1n) is 8.42. The minimum absolute atomic E-state index is 0.0757. The van der Waals surface area contributed by atoms with Gasteiger partial charge >= 0.3 is 11.6 Å². The predicted molar refractivity (Wildman–Crippen MR) is 106 cm³/mol. The summed E-state index contributed by atoms with van der Waals surface area (Å²) in [4.78, 5) is 25.6. The first-order chi connectivity index (χ1) is 13.6. The van der Waals surface area contributed by atoms with Gasteiger partial charge in [-0.05, 0) is 36.1 Å². The van der Waals surface area contributed by atoms with Crippen molar-refractivity contribution in [3.05, 3.63) is 82.0 Å². The molecule has 0 aliphatic rings. The lowest BCUT2D eigenvalue weighted by molar-refractivity contribution is 0.102. The number of nitrogens with one attached hydrogen (secondary N) is 1. The zero-order valence-corrected chi connectivity index (χ0v) is 15.7. The number of aromatic nitrogens is 2. The molecular weight excluding hydrogens is 378 g/mol. The van der Waals surface area contributed by atoms with Crippen LogP contribution in [0, 0.1) is 0 Å². The molecule has 2 aromatic carbocycles. The molecule has 1 N–H and O–H groups in total. The van der Waals surface area contributed by atoms with Crippen LogP contribution < -0.4 is 10.9 Å². The summed E-state index contributed by atoms with van der Waals surface area (Å²) in [5, 5.41) is 10.8. The van der Waals surface area contributed by atoms with Gasteiger partial charge in [-0.3, -0.25) is 10.1 Å². The Morgan fingerprint density at radius 3 is 2.64 bits per heavy atom. The highest BCUT2D eigenvalue weighted by Gasteiger charge is 2.17. The molecule has 7 nitrogen and oxygen atoms in total. The molecule has 0 saturated heterocycles. The largest absolute Gasteiger partial charge is 0.422 e. The number of carbonyl (C=O) groups excluding carboxylic acids is 1. The Balaban J connectivity index is 1.49. The molecular formula is C20H15N3O4S. The highest BCUT2D eigenvalue weighted by atomic mass is 32.2. The van der Waals surface area contributed by atoms with Gasteiger partial charge < -0.3 is 8.83 Å². The van der Waals surface area contributed by atoms with Crippen LogP contribution in [0.2, 0.25) is 0 Å². The van der Waals surface area contributed by atoms with E-state index in [-0.39, 0.29) is 11.6 Å². The Bertz CT molecular complexity index is 1200. The van der Waals surface area contributed by atoms with Crippen LogP contribution in [-0.2, 0) is 6.42 Å². The van der Waals surface area contributed by atoms with Crippen LogP contribution >= 0.6 is 11.8 Å². The Kier molecular flexibility index (Phi) is 4.94. The molecule has 140 valence electrons. The molecule has 1 amide bonds. The average molecular weight is 393 g/mol. The van der Waals surface area contributed by atoms with Crippen molar-refractivity contribution >= 4 is 34.7 Å². The lowest BCUT2D eigenvalue weighted by Crippen LogP contribution is -2.20. The maximum atomic E-state index is 12.4. The highest BCUT2D eigenvalue weighted by molar-refractivity contribution is 7.98. The number of para-hydroxylation sites is 1. The third kappa shape index (κ3) is 3.81. The Morgan fingerprint density at radius 2 is 1.86 bits per heavy atom. The van der Waals surface area contributed by atoms with E-state index in [1.807, 2.05) is 30.5 Å². The molecule has 0 radical (unpaired) electrons. The summed E-state index contributed by atoms with van der Waals surface area (Å²) < 4.78 is 10.6. The van der Waals surface area contributed by atoms with Crippen LogP contribution in [0.5, 0.6) is 0 Å². The van der Waals surface area contributed by atoms with Gasteiger partial charge in [0.1, 0.15) is 11.1 Å². The molecule has 4 aromatic rings. The second kappa shape index (κ2) is 7.69. The number of hydrogen-bond donors (Lipinski definition) is 1. The quantitative estimate of drug-likeness (QED) is 0.407. The Morgan fingerprint density at radius 1 is 1.07 bits per heavy atom. The minimum atomic E-state index is -0.732. The highest BCUT2D eigenvalue weighted by Crippen LogP contribution is 2.18. The van der Waals surface area contributed by atoms with Crippen molar-refractivity contribution in [3.8, 4) is 0 Å². The fraction of sp³-hybridized carbons (Fsp3) is 0.100. The number of rotatable bonds is 5. The normalized spacial score (nSPS) is 10.9. The van der Waals surface area contributed by atoms with E-state index >= 15 is 0 Å². The van der Waals surface area contributed by atoms with Crippen LogP contribution in [0.4, 0.5) is 6.01 Å². The van der Waals surface area contributed by atoms with E-state index in [4.69, 9.17) is 8.83 Å². The lowest BCUT2D eigenvalue weighted by Gasteiger charge is -2.01. The van der Waals surface area contributed by atoms with Gasteiger partial charge in [-0.15, -0.1) is 16.9 Å². The van der Waals surface area contributed by atoms with Gasteiger partial charge in [0.2, 0.25) is 5.89 Å². The number of benzene rings is 2. The molecule has 2 heterocycles. The molecule has 0 unspecified atom stereocenters. The predicted octanol–water partition coefficient (Wildman–Crippen LogP) is 3.74. The summed E-state index contributed by atoms with van der Waals surface area (Å²) in [5.74, 6) is -0.309. The van der Waals surface area contributed by atoms with Crippen LogP contribution in [0.15, 0.2) is 73.1 Å². The molecule has 0 saturated carbocycles. The van der Waals surface area contributed by atoms with Crippen LogP contribution in [0.25, 0.3) is 11.0 Å². The maximum Gasteiger partial charge on any atom is 0.349 e. The average Bonchev–Trinajstić information content (AvgIpc) is 3.14. The molecule has 0 fully saturated rings. The summed E-state index contributed by atoms with van der Waals surface area (Å²) in [7, 11) is 0. The van der Waals surface area contributed by atoms with Crippen LogP contribution in [-0.4, -0.2) is 22.4 Å². The number of hydrogen-bond acceptors (Lipinski definition) is 7. The van der Waals surface area contributed by atoms with Crippen molar-refractivity contribution < 1.29 is 13.6 Å². The van der Waals surface area contributed by atoms with Gasteiger partial charge in [0, 0.05) is 10.3 Å². The smallest absolute Gasteiger partial charge is 0.349 e. The van der Waals surface area contributed by atoms with Crippen molar-refractivity contribution in [3.63, 3.8) is 0 Å². The first-order valence-corrected chi connectivity index (χ1v) is 9.64. The number of thioether (sulfide) groups is 1. The number of amides is 1. The fourth-order valence-corrected chi connectivity index (χ4v) is 3.09. The van der Waals surface area contributed by atoms with E-state index in [1.165, 1.54) is 6.07 Å². The van der Waals surface area contributed by atoms with Crippen LogP contribution in [0.3, 0.4) is 0 Å². The summed E-state index contributed by atoms with van der Waals surface area (Å²) in [5.41, 5.74) is 0.557. The molecule has 0 spiro atoms. The number of nitrogens with zero attached hydrogens (tertiary/aromatic N) is 2. The Labute approximate surface area is 163 Å². The van der Waals surface area contributed by atoms with E-state index in [1.54, 1.807) is 36.0 Å². The second-order valence-corrected chi connectivity index (χ2v) is 6.84. The monoisotopic (exact) mass is 393 g/mol. The molecule has 2 aromatic heterocycles. The number of fused-ring (bicyclic) bond motifs is 1. The van der Waals surface area contributed by atoms with E-state index < -0.39 is 11.5 Å². The van der Waals surface area contributed by atoms with Gasteiger partial charge in [0.15, 0.2) is 0 Å². The van der Waals surface area contributed by atoms with Gasteiger partial charge in [0.25, 0.3) is 5.91 Å². The summed E-state index contributed by atoms with van der Waals surface area (Å²) >= 11 is 1.66. The van der Waals surface area contributed by atoms with Crippen molar-refractivity contribution in [2.75, 3.05) is 11.6 Å². The third-order valence-electron chi connectivity index (χ3n) is 4.09. The molecule has 0 aliphatic carbocycles. The number of carbonyl (C=O) groups is 1. The van der Waals surface area contributed by atoms with E-state index in [0.29, 0.717) is 23.3 Å². The van der Waals surface area contributed by atoms with Gasteiger partial charge in [-0.25, -0.2) is 4.79 Å². The summed E-state index contributed by atoms with van der Waals surface area (Å²) in [6, 6.07) is 16.3. The zero-order chi connectivity index (χ0) is 19.5. The first kappa shape index (κ1) is 18.0. The van der Waals surface area contributed by atoms with Crippen molar-refractivity contribution in [1.82, 2.24) is 10.2 Å². The summed E-state index contributed by atoms with van der Waals surface area (Å²) in [6.07, 6.45) is 2.45. The molecule has 8 heteroatoms. The summed E-state index contributed by atoms with van der Waals surface area (Å²) in [6.45, 7) is 0. The van der Waals surface area contributed by atoms with Crippen molar-refractivity contribution in [2.45, 2.75) is 11.3 Å². The molecule has 0 atom stereocenters. The Hall–Kier alpha value is -3.39. The molecule has 0 aliphatic heterocycles. The molecule has 28 heavy (non-hydrogen) atoms. The topological polar surface area (TPSA) is 98.2 Å². The lowest BCUT2D eigenvalue weighted by atomic mass is 10.1. The van der Waals surface area contributed by atoms with Gasteiger partial charge in [-0.2, -0.15) is 0 Å². The van der Waals surface area contributed by atoms with Crippen molar-refractivity contribution in [2.24, 2.45) is 0 Å². The SMILES string of the molecule is CSc1ccc(Cc2nnc(NC(=O)c3cc4ccccc4oc3=O)o2)cc1. The number of anilines is 1. The van der Waals surface area contributed by atoms with Gasteiger partial charge in [-0.1, -0.05) is 35.4 Å². The zero-order valence-electron chi connectivity index (χ0n) is 14.8. The molecule has 4 rings (SSSR count). The maximum absolute atomic E-state index is 12.4. The van der Waals surface area contributed by atoms with E-state index in [9.17, 15) is 9.59 Å². The minimum Gasteiger partial charge on any atom is -0.422 e. The fourth-order valence-electron chi connectivity index (χ4n) is 2.68.